The van der Waals surface area contributed by atoms with Crippen molar-refractivity contribution in [1.29, 1.82) is 0 Å². The predicted octanol–water partition coefficient (Wildman–Crippen LogP) is 0.817. The fourth-order valence-corrected chi connectivity index (χ4v) is 1.59. The smallest absolute Gasteiger partial charge is 0.272 e. The zero-order valence-corrected chi connectivity index (χ0v) is 8.86. The molecule has 0 saturated carbocycles. The second-order valence-corrected chi connectivity index (χ2v) is 3.34. The fraction of sp³-hybridized carbons (Fsp3) is 0.400. The van der Waals surface area contributed by atoms with Crippen molar-refractivity contribution in [2.24, 2.45) is 0 Å². The van der Waals surface area contributed by atoms with Crippen LogP contribution in [0.3, 0.4) is 0 Å². The third kappa shape index (κ3) is 1.61. The highest BCUT2D eigenvalue weighted by Gasteiger charge is 2.35. The highest BCUT2D eigenvalue weighted by molar-refractivity contribution is 5.95. The van der Waals surface area contributed by atoms with E-state index in [1.54, 1.807) is 0 Å². The molecule has 2 rings (SSSR count). The number of nitrogens with one attached hydrogen (secondary N) is 1. The van der Waals surface area contributed by atoms with E-state index < -0.39 is 18.3 Å². The number of halogens is 1. The highest BCUT2D eigenvalue weighted by Crippen LogP contribution is 2.30. The predicted molar refractivity (Wildman–Crippen MR) is 52.9 cm³/mol. The third-order valence-electron chi connectivity index (χ3n) is 2.43. The van der Waals surface area contributed by atoms with Gasteiger partial charge in [-0.25, -0.2) is 9.37 Å². The van der Waals surface area contributed by atoms with Crippen molar-refractivity contribution in [3.63, 3.8) is 0 Å². The van der Waals surface area contributed by atoms with Gasteiger partial charge < -0.3 is 14.8 Å². The minimum absolute atomic E-state index is 0.0709. The molecule has 2 unspecified atom stereocenters. The fourth-order valence-electron chi connectivity index (χ4n) is 1.59. The summed E-state index contributed by atoms with van der Waals surface area (Å²) in [6.07, 6.45) is -1.05. The van der Waals surface area contributed by atoms with E-state index in [2.05, 4.69) is 10.3 Å². The molecule has 16 heavy (non-hydrogen) atoms. The van der Waals surface area contributed by atoms with E-state index in [9.17, 15) is 9.18 Å². The SMILES string of the molecule is COc1cnc2c(c1)C(F)C(OC)NC2=O. The lowest BCUT2D eigenvalue weighted by Crippen LogP contribution is -2.44. The molecule has 1 N–H and O–H groups in total. The van der Waals surface area contributed by atoms with Gasteiger partial charge in [-0.3, -0.25) is 4.79 Å². The van der Waals surface area contributed by atoms with Crippen molar-refractivity contribution in [3.05, 3.63) is 23.5 Å². The molecule has 5 nitrogen and oxygen atoms in total. The van der Waals surface area contributed by atoms with Crippen LogP contribution < -0.4 is 10.1 Å². The van der Waals surface area contributed by atoms with Crippen LogP contribution in [0.25, 0.3) is 0 Å². The molecule has 2 heterocycles. The van der Waals surface area contributed by atoms with Crippen LogP contribution in [0.15, 0.2) is 12.3 Å². The molecular weight excluding hydrogens is 215 g/mol. The van der Waals surface area contributed by atoms with Gasteiger partial charge in [0.1, 0.15) is 11.4 Å². The van der Waals surface area contributed by atoms with E-state index in [0.717, 1.165) is 0 Å². The number of fused-ring (bicyclic) bond motifs is 1. The number of hydrogen-bond donors (Lipinski definition) is 1. The number of alkyl halides is 1. The number of aromatic nitrogens is 1. The molecule has 0 aliphatic carbocycles. The molecule has 0 fully saturated rings. The topological polar surface area (TPSA) is 60.5 Å². The van der Waals surface area contributed by atoms with Crippen LogP contribution in [0, 0.1) is 0 Å². The molecule has 1 aliphatic rings. The zero-order chi connectivity index (χ0) is 11.7. The lowest BCUT2D eigenvalue weighted by Gasteiger charge is -2.27. The zero-order valence-electron chi connectivity index (χ0n) is 8.86. The van der Waals surface area contributed by atoms with E-state index in [4.69, 9.17) is 9.47 Å². The van der Waals surface area contributed by atoms with Crippen LogP contribution in [0.2, 0.25) is 0 Å². The Balaban J connectivity index is 2.47. The molecule has 0 radical (unpaired) electrons. The van der Waals surface area contributed by atoms with Gasteiger partial charge in [0.25, 0.3) is 5.91 Å². The molecule has 0 spiro atoms. The van der Waals surface area contributed by atoms with Gasteiger partial charge in [-0.15, -0.1) is 0 Å². The van der Waals surface area contributed by atoms with Crippen molar-refractivity contribution in [2.45, 2.75) is 12.4 Å². The summed E-state index contributed by atoms with van der Waals surface area (Å²) in [5.41, 5.74) is 0.261. The average molecular weight is 226 g/mol. The first-order valence-electron chi connectivity index (χ1n) is 4.69. The number of rotatable bonds is 2. The monoisotopic (exact) mass is 226 g/mol. The summed E-state index contributed by atoms with van der Waals surface area (Å²) in [6, 6.07) is 1.46. The van der Waals surface area contributed by atoms with Crippen LogP contribution in [0.5, 0.6) is 5.75 Å². The Kier molecular flexibility index (Phi) is 2.74. The number of nitrogens with zero attached hydrogens (tertiary/aromatic N) is 1. The molecule has 2 atom stereocenters. The summed E-state index contributed by atoms with van der Waals surface area (Å²) in [4.78, 5) is 15.4. The Morgan fingerprint density at radius 3 is 2.88 bits per heavy atom. The lowest BCUT2D eigenvalue weighted by molar-refractivity contribution is 0.00215. The van der Waals surface area contributed by atoms with E-state index in [1.165, 1.54) is 26.5 Å². The quantitative estimate of drug-likeness (QED) is 0.810. The van der Waals surface area contributed by atoms with Gasteiger partial charge in [-0.05, 0) is 6.07 Å². The molecule has 1 amide bonds. The van der Waals surface area contributed by atoms with Crippen LogP contribution in [0.1, 0.15) is 22.2 Å². The normalized spacial score (nSPS) is 23.6. The first kappa shape index (κ1) is 10.8. The molecule has 0 aromatic carbocycles. The van der Waals surface area contributed by atoms with Crippen LogP contribution in [-0.2, 0) is 4.74 Å². The number of amides is 1. The van der Waals surface area contributed by atoms with Crippen molar-refractivity contribution < 1.29 is 18.7 Å². The number of carbonyl (C=O) groups excluding carboxylic acids is 1. The van der Waals surface area contributed by atoms with Crippen LogP contribution >= 0.6 is 0 Å². The molecule has 86 valence electrons. The molecular formula is C10H11FN2O3. The van der Waals surface area contributed by atoms with Gasteiger partial charge in [0.05, 0.1) is 13.3 Å². The summed E-state index contributed by atoms with van der Waals surface area (Å²) in [6.45, 7) is 0. The molecule has 0 saturated heterocycles. The third-order valence-corrected chi connectivity index (χ3v) is 2.43. The van der Waals surface area contributed by atoms with Gasteiger partial charge >= 0.3 is 0 Å². The van der Waals surface area contributed by atoms with E-state index in [-0.39, 0.29) is 11.3 Å². The minimum atomic E-state index is -1.44. The summed E-state index contributed by atoms with van der Waals surface area (Å²) in [7, 11) is 2.78. The number of hydrogen-bond acceptors (Lipinski definition) is 4. The van der Waals surface area contributed by atoms with Crippen molar-refractivity contribution >= 4 is 5.91 Å². The highest BCUT2D eigenvalue weighted by atomic mass is 19.1. The van der Waals surface area contributed by atoms with Gasteiger partial charge in [-0.2, -0.15) is 0 Å². The molecule has 1 aromatic rings. The lowest BCUT2D eigenvalue weighted by atomic mass is 10.0. The number of pyridine rings is 1. The number of methoxy groups -OCH3 is 2. The van der Waals surface area contributed by atoms with E-state index >= 15 is 0 Å². The first-order chi connectivity index (χ1) is 7.67. The van der Waals surface area contributed by atoms with Crippen LogP contribution in [-0.4, -0.2) is 31.3 Å². The maximum Gasteiger partial charge on any atom is 0.272 e. The Morgan fingerprint density at radius 2 is 2.25 bits per heavy atom. The van der Waals surface area contributed by atoms with Gasteiger partial charge in [0, 0.05) is 12.7 Å². The largest absolute Gasteiger partial charge is 0.495 e. The second kappa shape index (κ2) is 4.05. The van der Waals surface area contributed by atoms with Gasteiger partial charge in [-0.1, -0.05) is 0 Å². The minimum Gasteiger partial charge on any atom is -0.495 e. The average Bonchev–Trinajstić information content (AvgIpc) is 2.33. The maximum atomic E-state index is 13.9. The summed E-state index contributed by atoms with van der Waals surface area (Å²) >= 11 is 0. The Hall–Kier alpha value is -1.69. The Labute approximate surface area is 91.6 Å². The van der Waals surface area contributed by atoms with Crippen molar-refractivity contribution in [3.8, 4) is 5.75 Å². The number of ether oxygens (including phenoxy) is 2. The molecule has 0 bridgehead atoms. The Morgan fingerprint density at radius 1 is 1.50 bits per heavy atom. The van der Waals surface area contributed by atoms with E-state index in [0.29, 0.717) is 5.75 Å². The second-order valence-electron chi connectivity index (χ2n) is 3.34. The number of carbonyl (C=O) groups is 1. The standard InChI is InChI=1S/C10H11FN2O3/c1-15-5-3-6-7(11)10(16-2)13-9(14)8(6)12-4-5/h3-4,7,10H,1-2H3,(H,13,14). The summed E-state index contributed by atoms with van der Waals surface area (Å²) in [5, 5.41) is 2.37. The Bertz CT molecular complexity index is 425. The first-order valence-corrected chi connectivity index (χ1v) is 4.69. The van der Waals surface area contributed by atoms with Crippen LogP contribution in [0.4, 0.5) is 4.39 Å². The van der Waals surface area contributed by atoms with Gasteiger partial charge in [0.2, 0.25) is 0 Å². The molecule has 1 aromatic heterocycles. The summed E-state index contributed by atoms with van der Waals surface area (Å²) < 4.78 is 23.7. The van der Waals surface area contributed by atoms with Crippen molar-refractivity contribution in [2.75, 3.05) is 14.2 Å². The molecule has 1 aliphatic heterocycles. The van der Waals surface area contributed by atoms with E-state index in [1.807, 2.05) is 0 Å². The molecule has 6 heteroatoms. The van der Waals surface area contributed by atoms with Crippen molar-refractivity contribution in [1.82, 2.24) is 10.3 Å². The maximum absolute atomic E-state index is 13.9. The summed E-state index contributed by atoms with van der Waals surface area (Å²) in [5.74, 6) is -0.0376. The van der Waals surface area contributed by atoms with Gasteiger partial charge in [0.15, 0.2) is 12.4 Å².